The second-order valence-corrected chi connectivity index (χ2v) is 8.13. The summed E-state index contributed by atoms with van der Waals surface area (Å²) in [6, 6.07) is 1.37. The Bertz CT molecular complexity index is 298. The highest BCUT2D eigenvalue weighted by Gasteiger charge is 2.32. The Balaban J connectivity index is 1.88. The lowest BCUT2D eigenvalue weighted by atomic mass is 9.73. The summed E-state index contributed by atoms with van der Waals surface area (Å²) in [5.41, 5.74) is 0.464. The number of hydrogen-bond acceptors (Lipinski definition) is 3. The van der Waals surface area contributed by atoms with Crippen LogP contribution in [0.15, 0.2) is 0 Å². The van der Waals surface area contributed by atoms with Gasteiger partial charge in [-0.25, -0.2) is 0 Å². The van der Waals surface area contributed by atoms with Crippen molar-refractivity contribution in [3.63, 3.8) is 0 Å². The molecule has 124 valence electrons. The summed E-state index contributed by atoms with van der Waals surface area (Å²) in [5, 5.41) is 3.93. The van der Waals surface area contributed by atoms with Crippen molar-refractivity contribution in [2.75, 3.05) is 32.8 Å². The average Bonchev–Trinajstić information content (AvgIpc) is 2.45. The molecular weight excluding hydrogens is 260 g/mol. The molecule has 0 amide bonds. The fourth-order valence-corrected chi connectivity index (χ4v) is 4.00. The lowest BCUT2D eigenvalue weighted by molar-refractivity contribution is 0.0100. The van der Waals surface area contributed by atoms with Gasteiger partial charge in [-0.1, -0.05) is 40.5 Å². The molecular formula is C18H36N2O. The van der Waals surface area contributed by atoms with Gasteiger partial charge < -0.3 is 10.1 Å². The van der Waals surface area contributed by atoms with Crippen LogP contribution in [0.5, 0.6) is 0 Å². The van der Waals surface area contributed by atoms with Gasteiger partial charge in [-0.15, -0.1) is 0 Å². The van der Waals surface area contributed by atoms with E-state index in [1.165, 1.54) is 32.1 Å². The predicted molar refractivity (Wildman–Crippen MR) is 89.7 cm³/mol. The molecule has 1 aliphatic heterocycles. The molecule has 3 heteroatoms. The molecule has 0 aromatic heterocycles. The maximum atomic E-state index is 5.52. The van der Waals surface area contributed by atoms with E-state index in [0.29, 0.717) is 17.5 Å². The Morgan fingerprint density at radius 3 is 2.52 bits per heavy atom. The predicted octanol–water partition coefficient (Wildman–Crippen LogP) is 3.29. The van der Waals surface area contributed by atoms with E-state index in [4.69, 9.17) is 4.74 Å². The summed E-state index contributed by atoms with van der Waals surface area (Å²) < 4.78 is 5.52. The molecule has 2 rings (SSSR count). The third-order valence-corrected chi connectivity index (χ3v) is 5.41. The third kappa shape index (κ3) is 5.22. The molecule has 1 heterocycles. The standard InChI is InChI=1S/C18H36N2O/c1-15(2)13-16(20-9-11-21-12-10-20)14-19-17-7-5-6-8-18(17,3)4/h15-17,19H,5-14H2,1-4H3. The van der Waals surface area contributed by atoms with Crippen molar-refractivity contribution in [2.45, 2.75) is 71.9 Å². The Morgan fingerprint density at radius 2 is 1.90 bits per heavy atom. The quantitative estimate of drug-likeness (QED) is 0.814. The average molecular weight is 296 g/mol. The first-order valence-corrected chi connectivity index (χ1v) is 9.04. The van der Waals surface area contributed by atoms with E-state index in [0.717, 1.165) is 38.8 Å². The summed E-state index contributed by atoms with van der Waals surface area (Å²) in [7, 11) is 0. The minimum Gasteiger partial charge on any atom is -0.379 e. The molecule has 1 aliphatic carbocycles. The Hall–Kier alpha value is -0.120. The number of ether oxygens (including phenoxy) is 1. The van der Waals surface area contributed by atoms with E-state index in [-0.39, 0.29) is 0 Å². The van der Waals surface area contributed by atoms with Crippen molar-refractivity contribution >= 4 is 0 Å². The fraction of sp³-hybridized carbons (Fsp3) is 1.00. The van der Waals surface area contributed by atoms with Crippen molar-refractivity contribution in [2.24, 2.45) is 11.3 Å². The van der Waals surface area contributed by atoms with Crippen molar-refractivity contribution in [3.8, 4) is 0 Å². The normalized spacial score (nSPS) is 28.7. The van der Waals surface area contributed by atoms with Crippen molar-refractivity contribution in [1.82, 2.24) is 10.2 Å². The second-order valence-electron chi connectivity index (χ2n) is 8.13. The van der Waals surface area contributed by atoms with Gasteiger partial charge in [0.05, 0.1) is 13.2 Å². The molecule has 21 heavy (non-hydrogen) atoms. The van der Waals surface area contributed by atoms with Crippen LogP contribution in [0.2, 0.25) is 0 Å². The van der Waals surface area contributed by atoms with Crippen LogP contribution in [0.1, 0.15) is 59.8 Å². The molecule has 0 radical (unpaired) electrons. The van der Waals surface area contributed by atoms with Crippen LogP contribution in [0.3, 0.4) is 0 Å². The first-order chi connectivity index (χ1) is 9.99. The van der Waals surface area contributed by atoms with Crippen LogP contribution in [0.4, 0.5) is 0 Å². The number of nitrogens with zero attached hydrogens (tertiary/aromatic N) is 1. The first kappa shape index (κ1) is 17.2. The largest absolute Gasteiger partial charge is 0.379 e. The Labute approximate surface area is 131 Å². The molecule has 2 aliphatic rings. The summed E-state index contributed by atoms with van der Waals surface area (Å²) in [6.45, 7) is 14.7. The topological polar surface area (TPSA) is 24.5 Å². The van der Waals surface area contributed by atoms with Crippen LogP contribution in [-0.4, -0.2) is 49.8 Å². The highest BCUT2D eigenvalue weighted by molar-refractivity contribution is 4.89. The second kappa shape index (κ2) is 7.94. The molecule has 1 saturated heterocycles. The van der Waals surface area contributed by atoms with E-state index in [1.54, 1.807) is 0 Å². The van der Waals surface area contributed by atoms with Gasteiger partial charge in [0.2, 0.25) is 0 Å². The van der Waals surface area contributed by atoms with E-state index < -0.39 is 0 Å². The molecule has 3 nitrogen and oxygen atoms in total. The van der Waals surface area contributed by atoms with Gasteiger partial charge in [0.1, 0.15) is 0 Å². The lowest BCUT2D eigenvalue weighted by Crippen LogP contribution is -2.52. The highest BCUT2D eigenvalue weighted by Crippen LogP contribution is 2.35. The van der Waals surface area contributed by atoms with E-state index in [1.807, 2.05) is 0 Å². The molecule has 2 unspecified atom stereocenters. The van der Waals surface area contributed by atoms with Gasteiger partial charge in [-0.3, -0.25) is 4.90 Å². The minimum atomic E-state index is 0.464. The third-order valence-electron chi connectivity index (χ3n) is 5.41. The van der Waals surface area contributed by atoms with Gasteiger partial charge in [-0.05, 0) is 30.6 Å². The van der Waals surface area contributed by atoms with Crippen LogP contribution in [-0.2, 0) is 4.74 Å². The van der Waals surface area contributed by atoms with Crippen molar-refractivity contribution in [3.05, 3.63) is 0 Å². The number of hydrogen-bond donors (Lipinski definition) is 1. The maximum Gasteiger partial charge on any atom is 0.0594 e. The minimum absolute atomic E-state index is 0.464. The summed E-state index contributed by atoms with van der Waals surface area (Å²) in [4.78, 5) is 2.65. The summed E-state index contributed by atoms with van der Waals surface area (Å²) in [6.07, 6.45) is 6.82. The fourth-order valence-electron chi connectivity index (χ4n) is 4.00. The van der Waals surface area contributed by atoms with Crippen LogP contribution < -0.4 is 5.32 Å². The zero-order chi connectivity index (χ0) is 15.3. The Kier molecular flexibility index (Phi) is 6.51. The Morgan fingerprint density at radius 1 is 1.19 bits per heavy atom. The molecule has 0 bridgehead atoms. The van der Waals surface area contributed by atoms with Crippen LogP contribution in [0, 0.1) is 11.3 Å². The number of nitrogens with one attached hydrogen (secondary N) is 1. The maximum absolute atomic E-state index is 5.52. The number of rotatable bonds is 6. The van der Waals surface area contributed by atoms with Gasteiger partial charge >= 0.3 is 0 Å². The van der Waals surface area contributed by atoms with Crippen LogP contribution >= 0.6 is 0 Å². The highest BCUT2D eigenvalue weighted by atomic mass is 16.5. The molecule has 1 saturated carbocycles. The molecule has 2 atom stereocenters. The van der Waals surface area contributed by atoms with E-state index >= 15 is 0 Å². The molecule has 1 N–H and O–H groups in total. The van der Waals surface area contributed by atoms with Gasteiger partial charge in [0, 0.05) is 31.7 Å². The first-order valence-electron chi connectivity index (χ1n) is 9.04. The SMILES string of the molecule is CC(C)CC(CNC1CCCCC1(C)C)N1CCOCC1. The zero-order valence-corrected chi connectivity index (χ0v) is 14.7. The van der Waals surface area contributed by atoms with E-state index in [2.05, 4.69) is 37.9 Å². The van der Waals surface area contributed by atoms with E-state index in [9.17, 15) is 0 Å². The monoisotopic (exact) mass is 296 g/mol. The smallest absolute Gasteiger partial charge is 0.0594 e. The molecule has 0 aromatic carbocycles. The molecule has 0 spiro atoms. The zero-order valence-electron chi connectivity index (χ0n) is 14.7. The van der Waals surface area contributed by atoms with Crippen molar-refractivity contribution < 1.29 is 4.74 Å². The number of morpholine rings is 1. The lowest BCUT2D eigenvalue weighted by Gasteiger charge is -2.42. The molecule has 0 aromatic rings. The van der Waals surface area contributed by atoms with Gasteiger partial charge in [0.25, 0.3) is 0 Å². The van der Waals surface area contributed by atoms with Crippen LogP contribution in [0.25, 0.3) is 0 Å². The van der Waals surface area contributed by atoms with Gasteiger partial charge in [0.15, 0.2) is 0 Å². The van der Waals surface area contributed by atoms with Gasteiger partial charge in [-0.2, -0.15) is 0 Å². The van der Waals surface area contributed by atoms with Crippen molar-refractivity contribution in [1.29, 1.82) is 0 Å². The summed E-state index contributed by atoms with van der Waals surface area (Å²) in [5.74, 6) is 0.763. The molecule has 2 fully saturated rings. The summed E-state index contributed by atoms with van der Waals surface area (Å²) >= 11 is 0.